The highest BCUT2D eigenvalue weighted by Gasteiger charge is 2.54. The van der Waals surface area contributed by atoms with E-state index in [9.17, 15) is 24.3 Å². The number of ether oxygens (including phenoxy) is 1. The number of alkyl halides is 1. The Kier molecular flexibility index (Phi) is 16.5. The highest BCUT2D eigenvalue weighted by atomic mass is 35.5. The number of methoxy groups -OCH3 is 1. The fraction of sp³-hybridized carbons (Fsp3) is 0.549. The average Bonchev–Trinajstić information content (AvgIpc) is 3.78. The molecule has 2 saturated heterocycles. The van der Waals surface area contributed by atoms with E-state index in [0.717, 1.165) is 72.8 Å². The average molecular weight is 1030 g/mol. The second kappa shape index (κ2) is 22.4. The maximum Gasteiger partial charge on any atom is 0.258 e. The minimum Gasteiger partial charge on any atom is -0.495 e. The first-order valence-electron chi connectivity index (χ1n) is 24.6. The Morgan fingerprint density at radius 1 is 1.01 bits per heavy atom. The summed E-state index contributed by atoms with van der Waals surface area (Å²) in [5, 5.41) is 23.2. The molecule has 0 bridgehead atoms. The lowest BCUT2D eigenvalue weighted by Gasteiger charge is -2.40. The molecule has 20 heteroatoms. The summed E-state index contributed by atoms with van der Waals surface area (Å²) in [6.45, 7) is 11.4. The number of amides is 4. The number of carbonyl (C=O) groups is 4. The van der Waals surface area contributed by atoms with Gasteiger partial charge in [-0.1, -0.05) is 35.9 Å². The lowest BCUT2D eigenvalue weighted by molar-refractivity contribution is -0.143. The molecule has 4 heterocycles. The van der Waals surface area contributed by atoms with Gasteiger partial charge in [-0.15, -0.1) is 11.3 Å². The van der Waals surface area contributed by atoms with Crippen molar-refractivity contribution < 1.29 is 33.4 Å². The maximum absolute atomic E-state index is 15.2. The van der Waals surface area contributed by atoms with Crippen LogP contribution in [0, 0.1) is 18.8 Å². The molecule has 2 aliphatic heterocycles. The van der Waals surface area contributed by atoms with Crippen LogP contribution in [-0.4, -0.2) is 146 Å². The topological polar surface area (TPSA) is 194 Å². The Balaban J connectivity index is 0.816. The Hall–Kier alpha value is -5.08. The predicted octanol–water partition coefficient (Wildman–Crippen LogP) is 7.26. The zero-order valence-corrected chi connectivity index (χ0v) is 43.7. The van der Waals surface area contributed by atoms with Crippen LogP contribution in [0.4, 0.5) is 21.8 Å². The smallest absolute Gasteiger partial charge is 0.258 e. The van der Waals surface area contributed by atoms with Gasteiger partial charge in [-0.2, -0.15) is 16.7 Å². The molecule has 8 rings (SSSR count). The number of hydrogen-bond donors (Lipinski definition) is 5. The molecule has 71 heavy (non-hydrogen) atoms. The summed E-state index contributed by atoms with van der Waals surface area (Å²) in [5.41, 5.74) is 3.84. The molecular weight excluding hydrogens is 967 g/mol. The Morgan fingerprint density at radius 2 is 1.72 bits per heavy atom. The van der Waals surface area contributed by atoms with Crippen molar-refractivity contribution in [3.8, 4) is 16.2 Å². The minimum absolute atomic E-state index is 0.0508. The summed E-state index contributed by atoms with van der Waals surface area (Å²) in [5.74, 6) is 1.22. The van der Waals surface area contributed by atoms with Crippen LogP contribution in [-0.2, 0) is 14.4 Å². The van der Waals surface area contributed by atoms with Gasteiger partial charge in [0.2, 0.25) is 17.8 Å². The van der Waals surface area contributed by atoms with Gasteiger partial charge in [0.1, 0.15) is 28.7 Å². The first kappa shape index (κ1) is 52.2. The number of anilines is 3. The van der Waals surface area contributed by atoms with Gasteiger partial charge in [0, 0.05) is 63.0 Å². The second-order valence-electron chi connectivity index (χ2n) is 20.0. The van der Waals surface area contributed by atoms with Crippen LogP contribution in [0.25, 0.3) is 10.4 Å². The molecule has 2 aromatic heterocycles. The van der Waals surface area contributed by atoms with Gasteiger partial charge < -0.3 is 40.9 Å². The summed E-state index contributed by atoms with van der Waals surface area (Å²) in [6.07, 6.45) is 4.98. The van der Waals surface area contributed by atoms with Gasteiger partial charge in [-0.25, -0.2) is 14.4 Å². The molecule has 0 radical (unpaired) electrons. The molecule has 382 valence electrons. The number of aliphatic hydroxyl groups is 1. The van der Waals surface area contributed by atoms with Gasteiger partial charge in [0.05, 0.1) is 47.2 Å². The zero-order valence-electron chi connectivity index (χ0n) is 41.3. The van der Waals surface area contributed by atoms with E-state index in [2.05, 4.69) is 41.1 Å². The summed E-state index contributed by atoms with van der Waals surface area (Å²) in [6, 6.07) is 10.7. The number of aromatic nitrogens is 3. The third kappa shape index (κ3) is 12.4. The number of nitrogens with one attached hydrogen (secondary N) is 4. The molecule has 0 spiro atoms. The van der Waals surface area contributed by atoms with Crippen LogP contribution in [0.15, 0.2) is 54.2 Å². The lowest BCUT2D eigenvalue weighted by atomic mass is 9.82. The monoisotopic (exact) mass is 1030 g/mol. The summed E-state index contributed by atoms with van der Waals surface area (Å²) < 4.78 is 20.0. The molecule has 2 aromatic carbocycles. The molecule has 2 saturated carbocycles. The molecule has 4 amide bonds. The number of aryl methyl sites for hydroxylation is 1. The second-order valence-corrected chi connectivity index (χ2v) is 22.9. The number of thiazole rings is 1. The molecule has 5 N–H and O–H groups in total. The highest BCUT2D eigenvalue weighted by Crippen LogP contribution is 2.42. The largest absolute Gasteiger partial charge is 0.495 e. The zero-order chi connectivity index (χ0) is 50.6. The number of nitrogens with zero attached hydrogens (tertiary/aromatic N) is 6. The SMILES string of the molecule is CNc1nc(Nc2ccc(C(=O)N3CCN(C[C@H]4CC[C@H](CSC(C)(C)[C@H](NC(=O)C5(F)CC5)C(=O)N5C[C@H](O)CC5C(=O)N[C@@H](C)c5ccc(-c6scnc6C)cc5)CC4)CC3)cc2OC)ncc1Cl. The minimum atomic E-state index is -2.00. The lowest BCUT2D eigenvalue weighted by Crippen LogP contribution is -2.61. The Bertz CT molecular complexity index is 2550. The molecule has 16 nitrogen and oxygen atoms in total. The standard InChI is InChI=1S/C51H66ClFN10O6S2/c1-30(34-11-13-35(14-12-34)42-31(2)56-29-70-42)57-45(65)40-24-37(64)27-63(40)47(67)43(59-48(68)51(53)17-18-51)50(3,4)71-28-33-9-7-32(8-10-33)26-61-19-21-62(22-20-61)46(66)36-15-16-39(41(23-36)69-6)58-49-55-25-38(52)44(54-5)60-49/h11-16,23,25,29-30,32-33,37,40,43,64H,7-10,17-22,24,26-28H2,1-6H3,(H,57,65)(H,59,68)(H2,54,55,58,60)/t30-,32-,33-,37+,40?,43+/m0/s1. The Morgan fingerprint density at radius 3 is 2.37 bits per heavy atom. The number of thioether (sulfide) groups is 1. The number of carbonyl (C=O) groups excluding carboxylic acids is 4. The maximum atomic E-state index is 15.2. The van der Waals surface area contributed by atoms with E-state index in [1.54, 1.807) is 55.5 Å². The first-order valence-corrected chi connectivity index (χ1v) is 26.8. The molecule has 4 aromatic rings. The van der Waals surface area contributed by atoms with Crippen molar-refractivity contribution in [1.82, 2.24) is 40.3 Å². The summed E-state index contributed by atoms with van der Waals surface area (Å²) >= 11 is 9.30. The van der Waals surface area contributed by atoms with Crippen LogP contribution < -0.4 is 26.0 Å². The molecule has 4 aliphatic rings. The fourth-order valence-electron chi connectivity index (χ4n) is 9.83. The molecule has 1 unspecified atom stereocenters. The van der Waals surface area contributed by atoms with Gasteiger partial charge in [-0.3, -0.25) is 24.1 Å². The van der Waals surface area contributed by atoms with E-state index >= 15 is 4.39 Å². The molecule has 2 aliphatic carbocycles. The number of hydrogen-bond acceptors (Lipinski definition) is 14. The number of β-amino-alcohol motifs (C(OH)–C–C–N with tert-alkyl or cyclic N) is 1. The van der Waals surface area contributed by atoms with Crippen molar-refractivity contribution in [2.45, 2.75) is 107 Å². The van der Waals surface area contributed by atoms with Crippen LogP contribution in [0.2, 0.25) is 5.02 Å². The molecular formula is C51H66ClFN10O6S2. The first-order chi connectivity index (χ1) is 33.9. The van der Waals surface area contributed by atoms with Crippen molar-refractivity contribution in [2.24, 2.45) is 11.8 Å². The van der Waals surface area contributed by atoms with Crippen molar-refractivity contribution >= 4 is 75.8 Å². The van der Waals surface area contributed by atoms with E-state index in [1.807, 2.05) is 62.4 Å². The van der Waals surface area contributed by atoms with Gasteiger partial charge in [-0.05, 0) is 113 Å². The number of aliphatic hydroxyl groups excluding tert-OH is 1. The van der Waals surface area contributed by atoms with Gasteiger partial charge >= 0.3 is 0 Å². The number of halogens is 2. The van der Waals surface area contributed by atoms with Crippen molar-refractivity contribution in [2.75, 3.05) is 69.8 Å². The van der Waals surface area contributed by atoms with Crippen LogP contribution in [0.1, 0.15) is 93.4 Å². The van der Waals surface area contributed by atoms with Crippen molar-refractivity contribution in [3.63, 3.8) is 0 Å². The summed E-state index contributed by atoms with van der Waals surface area (Å²) in [4.78, 5) is 75.3. The number of benzene rings is 2. The van der Waals surface area contributed by atoms with Gasteiger partial charge in [0.25, 0.3) is 11.8 Å². The van der Waals surface area contributed by atoms with Crippen LogP contribution in [0.5, 0.6) is 5.75 Å². The quantitative estimate of drug-likeness (QED) is 0.0670. The van der Waals surface area contributed by atoms with E-state index in [1.165, 1.54) is 11.1 Å². The highest BCUT2D eigenvalue weighted by molar-refractivity contribution is 8.00. The summed E-state index contributed by atoms with van der Waals surface area (Å²) in [7, 11) is 3.28. The molecule has 4 atom stereocenters. The van der Waals surface area contributed by atoms with E-state index < -0.39 is 46.3 Å². The normalized spacial score (nSPS) is 22.0. The number of rotatable bonds is 18. The van der Waals surface area contributed by atoms with Crippen LogP contribution in [0.3, 0.4) is 0 Å². The number of piperazine rings is 1. The van der Waals surface area contributed by atoms with Crippen LogP contribution >= 0.6 is 34.7 Å². The van der Waals surface area contributed by atoms with Crippen molar-refractivity contribution in [3.05, 3.63) is 76.0 Å². The van der Waals surface area contributed by atoms with Crippen molar-refractivity contribution in [1.29, 1.82) is 0 Å². The Labute approximate surface area is 428 Å². The van der Waals surface area contributed by atoms with E-state index in [0.29, 0.717) is 58.7 Å². The number of likely N-dealkylation sites (tertiary alicyclic amines) is 1. The predicted molar refractivity (Wildman–Crippen MR) is 277 cm³/mol. The third-order valence-corrected chi connectivity index (χ3v) is 17.3. The fourth-order valence-corrected chi connectivity index (χ4v) is 12.1. The van der Waals surface area contributed by atoms with E-state index in [-0.39, 0.29) is 37.8 Å². The third-order valence-electron chi connectivity index (χ3n) is 14.5. The van der Waals surface area contributed by atoms with Gasteiger partial charge in [0.15, 0.2) is 5.67 Å². The molecule has 4 fully saturated rings. The van der Waals surface area contributed by atoms with E-state index in [4.69, 9.17) is 16.3 Å².